The molecule has 0 saturated carbocycles. The van der Waals surface area contributed by atoms with Crippen LogP contribution in [0.2, 0.25) is 0 Å². The monoisotopic (exact) mass is 368 g/mol. The summed E-state index contributed by atoms with van der Waals surface area (Å²) in [6, 6.07) is 9.93. The van der Waals surface area contributed by atoms with Crippen LogP contribution in [0, 0.1) is 6.92 Å². The van der Waals surface area contributed by atoms with Gasteiger partial charge in [-0.3, -0.25) is 4.79 Å². The van der Waals surface area contributed by atoms with Gasteiger partial charge in [-0.1, -0.05) is 6.07 Å². The van der Waals surface area contributed by atoms with Gasteiger partial charge < -0.3 is 15.4 Å². The van der Waals surface area contributed by atoms with Crippen molar-refractivity contribution < 1.29 is 18.3 Å². The van der Waals surface area contributed by atoms with Crippen LogP contribution >= 0.6 is 12.4 Å². The summed E-state index contributed by atoms with van der Waals surface area (Å²) in [6.45, 7) is -0.425. The minimum absolute atomic E-state index is 0. The minimum Gasteiger partial charge on any atom is -0.435 e. The van der Waals surface area contributed by atoms with Crippen LogP contribution in [0.15, 0.2) is 36.4 Å². The second kappa shape index (κ2) is 7.70. The van der Waals surface area contributed by atoms with Crippen LogP contribution in [0.1, 0.15) is 27.9 Å². The Morgan fingerprint density at radius 2 is 2.00 bits per heavy atom. The number of aryl methyl sites for hydroxylation is 2. The first-order valence-electron chi connectivity index (χ1n) is 7.71. The molecular weight excluding hydrogens is 350 g/mol. The molecule has 0 fully saturated rings. The van der Waals surface area contributed by atoms with Gasteiger partial charge in [-0.05, 0) is 61.2 Å². The minimum atomic E-state index is -2.86. The number of nitrogen functional groups attached to an aromatic ring is 1. The Hall–Kier alpha value is -2.34. The lowest BCUT2D eigenvalue weighted by atomic mass is 9.99. The number of anilines is 2. The Kier molecular flexibility index (Phi) is 5.85. The van der Waals surface area contributed by atoms with E-state index in [0.29, 0.717) is 17.8 Å². The van der Waals surface area contributed by atoms with E-state index in [2.05, 4.69) is 4.74 Å². The van der Waals surface area contributed by atoms with Gasteiger partial charge in [0.15, 0.2) is 0 Å². The molecule has 0 spiro atoms. The van der Waals surface area contributed by atoms with Crippen molar-refractivity contribution in [1.29, 1.82) is 0 Å². The largest absolute Gasteiger partial charge is 0.435 e. The normalized spacial score (nSPS) is 13.2. The molecule has 2 aromatic carbocycles. The lowest BCUT2D eigenvalue weighted by molar-refractivity contribution is -0.0498. The van der Waals surface area contributed by atoms with Gasteiger partial charge in [-0.15, -0.1) is 12.4 Å². The first kappa shape index (κ1) is 19.0. The van der Waals surface area contributed by atoms with Gasteiger partial charge >= 0.3 is 6.61 Å². The van der Waals surface area contributed by atoms with Crippen LogP contribution in [0.3, 0.4) is 0 Å². The topological polar surface area (TPSA) is 55.6 Å². The molecule has 1 aliphatic rings. The maximum Gasteiger partial charge on any atom is 0.387 e. The van der Waals surface area contributed by atoms with E-state index >= 15 is 0 Å². The van der Waals surface area contributed by atoms with Crippen LogP contribution in [-0.4, -0.2) is 19.1 Å². The van der Waals surface area contributed by atoms with Crippen molar-refractivity contribution in [2.45, 2.75) is 26.4 Å². The first-order valence-corrected chi connectivity index (χ1v) is 7.71. The highest BCUT2D eigenvalue weighted by atomic mass is 35.5. The molecule has 4 nitrogen and oxygen atoms in total. The number of amides is 1. The van der Waals surface area contributed by atoms with Crippen molar-refractivity contribution in [2.24, 2.45) is 0 Å². The predicted molar refractivity (Wildman–Crippen MR) is 95.9 cm³/mol. The highest BCUT2D eigenvalue weighted by Crippen LogP contribution is 2.32. The molecule has 25 heavy (non-hydrogen) atoms. The van der Waals surface area contributed by atoms with Crippen LogP contribution < -0.4 is 15.4 Å². The number of benzene rings is 2. The lowest BCUT2D eigenvalue weighted by Gasteiger charge is -2.30. The second-order valence-corrected chi connectivity index (χ2v) is 5.80. The molecule has 134 valence electrons. The Morgan fingerprint density at radius 3 is 2.72 bits per heavy atom. The van der Waals surface area contributed by atoms with E-state index < -0.39 is 6.61 Å². The Balaban J connectivity index is 0.00000225. The van der Waals surface area contributed by atoms with E-state index in [1.54, 1.807) is 29.2 Å². The summed E-state index contributed by atoms with van der Waals surface area (Å²) >= 11 is 0. The zero-order valence-corrected chi connectivity index (χ0v) is 14.5. The molecule has 1 aliphatic heterocycles. The SMILES string of the molecule is Cc1ccc(N)cc1C(=O)N1CCCc2cc(OC(F)F)ccc21.Cl. The van der Waals surface area contributed by atoms with Crippen LogP contribution in [-0.2, 0) is 6.42 Å². The van der Waals surface area contributed by atoms with Gasteiger partial charge in [-0.2, -0.15) is 8.78 Å². The number of hydrogen-bond acceptors (Lipinski definition) is 3. The lowest BCUT2D eigenvalue weighted by Crippen LogP contribution is -2.35. The highest BCUT2D eigenvalue weighted by Gasteiger charge is 2.25. The third kappa shape index (κ3) is 4.02. The average Bonchev–Trinajstić information content (AvgIpc) is 2.55. The molecule has 0 aromatic heterocycles. The molecule has 3 rings (SSSR count). The van der Waals surface area contributed by atoms with Gasteiger partial charge in [0.2, 0.25) is 0 Å². The fourth-order valence-electron chi connectivity index (χ4n) is 2.98. The van der Waals surface area contributed by atoms with Gasteiger partial charge in [0.05, 0.1) is 0 Å². The number of rotatable bonds is 3. The van der Waals surface area contributed by atoms with Crippen LogP contribution in [0.25, 0.3) is 0 Å². The molecule has 0 atom stereocenters. The number of hydrogen-bond donors (Lipinski definition) is 1. The van der Waals surface area contributed by atoms with Gasteiger partial charge in [0.25, 0.3) is 5.91 Å². The molecule has 0 unspecified atom stereocenters. The number of alkyl halides is 2. The molecule has 0 radical (unpaired) electrons. The molecule has 2 aromatic rings. The van der Waals surface area contributed by atoms with Crippen molar-refractivity contribution >= 4 is 29.7 Å². The predicted octanol–water partition coefficient (Wildman–Crippen LogP) is 4.19. The zero-order chi connectivity index (χ0) is 17.3. The molecule has 0 bridgehead atoms. The molecule has 7 heteroatoms. The number of ether oxygens (including phenoxy) is 1. The van der Waals surface area contributed by atoms with Crippen LogP contribution in [0.4, 0.5) is 20.2 Å². The van der Waals surface area contributed by atoms with Crippen molar-refractivity contribution in [3.63, 3.8) is 0 Å². The Labute approximate surface area is 151 Å². The number of carbonyl (C=O) groups excluding carboxylic acids is 1. The van der Waals surface area contributed by atoms with E-state index in [0.717, 1.165) is 29.7 Å². The number of nitrogens with two attached hydrogens (primary N) is 1. The fraction of sp³-hybridized carbons (Fsp3) is 0.278. The standard InChI is InChI=1S/C18H18F2N2O2.ClH/c1-11-4-5-13(21)10-15(11)17(23)22-8-2-3-12-9-14(24-18(19)20)6-7-16(12)22;/h4-7,9-10,18H,2-3,8,21H2,1H3;1H. The summed E-state index contributed by atoms with van der Waals surface area (Å²) in [5, 5.41) is 0. The van der Waals surface area contributed by atoms with Crippen molar-refractivity contribution in [1.82, 2.24) is 0 Å². The smallest absolute Gasteiger partial charge is 0.387 e. The van der Waals surface area contributed by atoms with Crippen molar-refractivity contribution in [3.8, 4) is 5.75 Å². The summed E-state index contributed by atoms with van der Waals surface area (Å²) < 4.78 is 29.2. The van der Waals surface area contributed by atoms with E-state index in [1.807, 2.05) is 13.0 Å². The molecule has 1 heterocycles. The maximum atomic E-state index is 12.9. The maximum absolute atomic E-state index is 12.9. The number of halogens is 3. The zero-order valence-electron chi connectivity index (χ0n) is 13.7. The van der Waals surface area contributed by atoms with Crippen molar-refractivity contribution in [3.05, 3.63) is 53.1 Å². The average molecular weight is 369 g/mol. The second-order valence-electron chi connectivity index (χ2n) is 5.80. The van der Waals surface area contributed by atoms with Crippen LogP contribution in [0.5, 0.6) is 5.75 Å². The highest BCUT2D eigenvalue weighted by molar-refractivity contribution is 6.08. The summed E-state index contributed by atoms with van der Waals surface area (Å²) in [7, 11) is 0. The Morgan fingerprint density at radius 1 is 1.24 bits per heavy atom. The molecule has 0 saturated heterocycles. The van der Waals surface area contributed by atoms with Crippen molar-refractivity contribution in [2.75, 3.05) is 17.2 Å². The van der Waals surface area contributed by atoms with Gasteiger partial charge in [-0.25, -0.2) is 0 Å². The molecule has 1 amide bonds. The summed E-state index contributed by atoms with van der Waals surface area (Å²) in [6.07, 6.45) is 1.48. The number of nitrogens with zero attached hydrogens (tertiary/aromatic N) is 1. The van der Waals surface area contributed by atoms with E-state index in [4.69, 9.17) is 5.73 Å². The Bertz CT molecular complexity index is 784. The molecular formula is C18H19ClF2N2O2. The van der Waals surface area contributed by atoms with Gasteiger partial charge in [0, 0.05) is 23.5 Å². The summed E-state index contributed by atoms with van der Waals surface area (Å²) in [4.78, 5) is 14.6. The van der Waals surface area contributed by atoms with E-state index in [9.17, 15) is 13.6 Å². The summed E-state index contributed by atoms with van der Waals surface area (Å²) in [5.41, 5.74) is 9.28. The first-order chi connectivity index (χ1) is 11.5. The third-order valence-electron chi connectivity index (χ3n) is 4.13. The quantitative estimate of drug-likeness (QED) is 0.826. The van der Waals surface area contributed by atoms with E-state index in [1.165, 1.54) is 6.07 Å². The molecule has 2 N–H and O–H groups in total. The fourth-order valence-corrected chi connectivity index (χ4v) is 2.98. The number of carbonyl (C=O) groups is 1. The summed E-state index contributed by atoms with van der Waals surface area (Å²) in [5.74, 6) is -0.0264. The van der Waals surface area contributed by atoms with Gasteiger partial charge in [0.1, 0.15) is 5.75 Å². The van der Waals surface area contributed by atoms with E-state index in [-0.39, 0.29) is 24.1 Å². The third-order valence-corrected chi connectivity index (χ3v) is 4.13. The molecule has 0 aliphatic carbocycles. The number of fused-ring (bicyclic) bond motifs is 1.